The maximum absolute atomic E-state index is 11.8. The molecule has 0 unspecified atom stereocenters. The molecule has 1 heterocycles. The molecule has 0 saturated heterocycles. The van der Waals surface area contributed by atoms with Crippen molar-refractivity contribution in [1.29, 1.82) is 0 Å². The van der Waals surface area contributed by atoms with Gasteiger partial charge in [-0.2, -0.15) is 13.2 Å². The quantitative estimate of drug-likeness (QED) is 0.806. The largest absolute Gasteiger partial charge is 0.411 e. The van der Waals surface area contributed by atoms with E-state index in [1.165, 1.54) is 18.3 Å². The van der Waals surface area contributed by atoms with Crippen LogP contribution < -0.4 is 5.32 Å². The van der Waals surface area contributed by atoms with Crippen molar-refractivity contribution in [1.82, 2.24) is 4.98 Å². The van der Waals surface area contributed by atoms with Crippen LogP contribution in [0.15, 0.2) is 23.2 Å². The third-order valence-corrected chi connectivity index (χ3v) is 3.10. The normalized spacial score (nSPS) is 12.4. The Balaban J connectivity index is 2.51. The first kappa shape index (κ1) is 15.7. The Hall–Kier alpha value is -1.35. The number of alkyl halides is 3. The van der Waals surface area contributed by atoms with Gasteiger partial charge in [0.1, 0.15) is 17.3 Å². The Bertz CT molecular complexity index is 517. The summed E-state index contributed by atoms with van der Waals surface area (Å²) in [6, 6.07) is 2.82. The molecule has 1 N–H and O–H groups in total. The van der Waals surface area contributed by atoms with E-state index in [9.17, 15) is 21.6 Å². The van der Waals surface area contributed by atoms with E-state index in [1.807, 2.05) is 0 Å². The Morgan fingerprint density at radius 3 is 2.68 bits per heavy atom. The minimum absolute atomic E-state index is 0.00850. The van der Waals surface area contributed by atoms with Crippen molar-refractivity contribution in [2.75, 3.05) is 31.3 Å². The van der Waals surface area contributed by atoms with Gasteiger partial charge in [0.05, 0.1) is 6.61 Å². The lowest BCUT2D eigenvalue weighted by atomic mass is 10.4. The maximum atomic E-state index is 11.8. The fourth-order valence-corrected chi connectivity index (χ4v) is 2.05. The first-order valence-electron chi connectivity index (χ1n) is 5.23. The SMILES string of the molecule is CS(=O)(=O)c1cccnc1NCCOCC(F)(F)F. The summed E-state index contributed by atoms with van der Waals surface area (Å²) in [7, 11) is -3.45. The Kier molecular flexibility index (Phi) is 5.12. The van der Waals surface area contributed by atoms with Gasteiger partial charge in [0.2, 0.25) is 0 Å². The Morgan fingerprint density at radius 1 is 1.42 bits per heavy atom. The highest BCUT2D eigenvalue weighted by Gasteiger charge is 2.27. The number of hydrogen-bond donors (Lipinski definition) is 1. The van der Waals surface area contributed by atoms with E-state index in [4.69, 9.17) is 0 Å². The number of halogens is 3. The molecule has 0 bridgehead atoms. The van der Waals surface area contributed by atoms with Crippen molar-refractivity contribution >= 4 is 15.7 Å². The molecule has 0 aliphatic rings. The number of aromatic nitrogens is 1. The Morgan fingerprint density at radius 2 is 2.11 bits per heavy atom. The lowest BCUT2D eigenvalue weighted by molar-refractivity contribution is -0.172. The highest BCUT2D eigenvalue weighted by molar-refractivity contribution is 7.90. The number of hydrogen-bond acceptors (Lipinski definition) is 5. The van der Waals surface area contributed by atoms with Gasteiger partial charge in [0, 0.05) is 19.0 Å². The first-order valence-corrected chi connectivity index (χ1v) is 7.13. The molecule has 1 aromatic rings. The van der Waals surface area contributed by atoms with E-state index in [0.717, 1.165) is 6.26 Å². The molecule has 0 atom stereocenters. The zero-order valence-electron chi connectivity index (χ0n) is 10.1. The van der Waals surface area contributed by atoms with Gasteiger partial charge < -0.3 is 10.1 Å². The Labute approximate surface area is 108 Å². The van der Waals surface area contributed by atoms with Crippen LogP contribution >= 0.6 is 0 Å². The van der Waals surface area contributed by atoms with E-state index in [-0.39, 0.29) is 23.9 Å². The molecule has 0 aliphatic carbocycles. The van der Waals surface area contributed by atoms with Crippen LogP contribution in [0.5, 0.6) is 0 Å². The van der Waals surface area contributed by atoms with Gasteiger partial charge in [0.15, 0.2) is 9.84 Å². The average Bonchev–Trinajstić information content (AvgIpc) is 2.26. The van der Waals surface area contributed by atoms with Crippen LogP contribution in [0.25, 0.3) is 0 Å². The first-order chi connectivity index (χ1) is 8.70. The molecule has 0 aromatic carbocycles. The summed E-state index contributed by atoms with van der Waals surface area (Å²) in [5, 5.41) is 2.62. The molecular formula is C10H13F3N2O3S. The minimum Gasteiger partial charge on any atom is -0.370 e. The van der Waals surface area contributed by atoms with E-state index in [0.29, 0.717) is 0 Å². The fraction of sp³-hybridized carbons (Fsp3) is 0.500. The third kappa shape index (κ3) is 5.88. The van der Waals surface area contributed by atoms with Gasteiger partial charge in [-0.15, -0.1) is 0 Å². The third-order valence-electron chi connectivity index (χ3n) is 1.97. The highest BCUT2D eigenvalue weighted by atomic mass is 32.2. The highest BCUT2D eigenvalue weighted by Crippen LogP contribution is 2.17. The van der Waals surface area contributed by atoms with E-state index < -0.39 is 22.6 Å². The molecule has 0 aliphatic heterocycles. The van der Waals surface area contributed by atoms with Crippen LogP contribution in [0.4, 0.5) is 19.0 Å². The van der Waals surface area contributed by atoms with Crippen molar-refractivity contribution in [3.8, 4) is 0 Å². The van der Waals surface area contributed by atoms with E-state index in [1.54, 1.807) is 0 Å². The summed E-state index contributed by atoms with van der Waals surface area (Å²) in [6.07, 6.45) is -1.97. The lowest BCUT2D eigenvalue weighted by Crippen LogP contribution is -2.20. The monoisotopic (exact) mass is 298 g/mol. The number of nitrogens with one attached hydrogen (secondary N) is 1. The second-order valence-electron chi connectivity index (χ2n) is 3.72. The van der Waals surface area contributed by atoms with Crippen LogP contribution in [-0.4, -0.2) is 45.6 Å². The molecule has 108 valence electrons. The number of nitrogens with zero attached hydrogens (tertiary/aromatic N) is 1. The molecule has 1 rings (SSSR count). The second kappa shape index (κ2) is 6.20. The zero-order chi connectivity index (χ0) is 14.5. The molecule has 0 amide bonds. The predicted octanol–water partition coefficient (Wildman–Crippen LogP) is 1.48. The molecule has 0 saturated carbocycles. The van der Waals surface area contributed by atoms with Crippen LogP contribution in [0, 0.1) is 0 Å². The van der Waals surface area contributed by atoms with E-state index >= 15 is 0 Å². The standard InChI is InChI=1S/C10H13F3N2O3S/c1-19(16,17)8-3-2-4-14-9(8)15-5-6-18-7-10(11,12)13/h2-4H,5-7H2,1H3,(H,14,15). The van der Waals surface area contributed by atoms with Crippen LogP contribution in [0.3, 0.4) is 0 Å². The minimum atomic E-state index is -4.37. The van der Waals surface area contributed by atoms with E-state index in [2.05, 4.69) is 15.0 Å². The van der Waals surface area contributed by atoms with Gasteiger partial charge in [0.25, 0.3) is 0 Å². The van der Waals surface area contributed by atoms with Crippen molar-refractivity contribution in [3.63, 3.8) is 0 Å². The zero-order valence-corrected chi connectivity index (χ0v) is 10.9. The van der Waals surface area contributed by atoms with Crippen molar-refractivity contribution in [3.05, 3.63) is 18.3 Å². The van der Waals surface area contributed by atoms with Crippen LogP contribution in [-0.2, 0) is 14.6 Å². The number of sulfone groups is 1. The molecule has 0 spiro atoms. The molecular weight excluding hydrogens is 285 g/mol. The van der Waals surface area contributed by atoms with Crippen LogP contribution in [0.1, 0.15) is 0 Å². The summed E-state index contributed by atoms with van der Waals surface area (Å²) >= 11 is 0. The summed E-state index contributed by atoms with van der Waals surface area (Å²) < 4.78 is 62.6. The molecule has 0 fully saturated rings. The van der Waals surface area contributed by atoms with Crippen molar-refractivity contribution in [2.45, 2.75) is 11.1 Å². The van der Waals surface area contributed by atoms with Gasteiger partial charge >= 0.3 is 6.18 Å². The molecule has 1 aromatic heterocycles. The van der Waals surface area contributed by atoms with Crippen molar-refractivity contribution in [2.24, 2.45) is 0 Å². The predicted molar refractivity (Wildman–Crippen MR) is 62.7 cm³/mol. The number of pyridine rings is 1. The number of rotatable bonds is 6. The second-order valence-corrected chi connectivity index (χ2v) is 5.70. The van der Waals surface area contributed by atoms with Crippen molar-refractivity contribution < 1.29 is 26.3 Å². The number of ether oxygens (including phenoxy) is 1. The lowest BCUT2D eigenvalue weighted by Gasteiger charge is -2.10. The average molecular weight is 298 g/mol. The summed E-state index contributed by atoms with van der Waals surface area (Å²) in [4.78, 5) is 3.81. The van der Waals surface area contributed by atoms with Crippen LogP contribution in [0.2, 0.25) is 0 Å². The van der Waals surface area contributed by atoms with Gasteiger partial charge in [-0.3, -0.25) is 0 Å². The summed E-state index contributed by atoms with van der Waals surface area (Å²) in [5.74, 6) is 0.0978. The fourth-order valence-electron chi connectivity index (χ4n) is 1.25. The number of anilines is 1. The summed E-state index contributed by atoms with van der Waals surface area (Å²) in [6.45, 7) is -1.52. The molecule has 0 radical (unpaired) electrons. The van der Waals surface area contributed by atoms with Gasteiger partial charge in [-0.05, 0) is 12.1 Å². The molecule has 5 nitrogen and oxygen atoms in total. The topological polar surface area (TPSA) is 68.3 Å². The molecule has 19 heavy (non-hydrogen) atoms. The maximum Gasteiger partial charge on any atom is 0.411 e. The van der Waals surface area contributed by atoms with Gasteiger partial charge in [-0.25, -0.2) is 13.4 Å². The van der Waals surface area contributed by atoms with Gasteiger partial charge in [-0.1, -0.05) is 0 Å². The smallest absolute Gasteiger partial charge is 0.370 e. The molecule has 9 heteroatoms. The summed E-state index contributed by atoms with van der Waals surface area (Å²) in [5.41, 5.74) is 0.